The fourth-order valence-electron chi connectivity index (χ4n) is 1.25. The topological polar surface area (TPSA) is 55.4 Å². The van der Waals surface area contributed by atoms with Crippen molar-refractivity contribution in [2.45, 2.75) is 20.0 Å². The van der Waals surface area contributed by atoms with Crippen molar-refractivity contribution in [3.8, 4) is 5.75 Å². The van der Waals surface area contributed by atoms with Crippen LogP contribution >= 0.6 is 23.2 Å². The Hall–Kier alpha value is -0.650. The Morgan fingerprint density at radius 1 is 1.39 bits per heavy atom. The van der Waals surface area contributed by atoms with Crippen LogP contribution in [0.4, 0.5) is 5.69 Å². The third kappa shape index (κ3) is 4.92. The van der Waals surface area contributed by atoms with Crippen molar-refractivity contribution in [3.05, 3.63) is 23.2 Å². The molecule has 18 heavy (non-hydrogen) atoms. The largest absolute Gasteiger partial charge is 0.489 e. The van der Waals surface area contributed by atoms with Crippen molar-refractivity contribution in [2.24, 2.45) is 0 Å². The molecule has 0 saturated carbocycles. The SMILES string of the molecule is CC(C)Oc1ccc(NS(=O)(=O)CCCl)cc1Cl. The van der Waals surface area contributed by atoms with Crippen LogP contribution in [-0.4, -0.2) is 26.2 Å². The lowest BCUT2D eigenvalue weighted by molar-refractivity contribution is 0.242. The van der Waals surface area contributed by atoms with Gasteiger partial charge < -0.3 is 4.74 Å². The lowest BCUT2D eigenvalue weighted by Crippen LogP contribution is -2.17. The first-order chi connectivity index (χ1) is 8.34. The minimum absolute atomic E-state index is 0.00119. The van der Waals surface area contributed by atoms with Gasteiger partial charge in [-0.3, -0.25) is 4.72 Å². The van der Waals surface area contributed by atoms with Gasteiger partial charge in [0.15, 0.2) is 0 Å². The molecule has 0 radical (unpaired) electrons. The Morgan fingerprint density at radius 2 is 2.06 bits per heavy atom. The number of sulfonamides is 1. The van der Waals surface area contributed by atoms with Crippen LogP contribution in [0.25, 0.3) is 0 Å². The molecule has 0 atom stereocenters. The molecule has 1 rings (SSSR count). The second kappa shape index (κ2) is 6.50. The Morgan fingerprint density at radius 3 is 2.56 bits per heavy atom. The molecule has 0 unspecified atom stereocenters. The van der Waals surface area contributed by atoms with E-state index in [0.29, 0.717) is 16.5 Å². The molecule has 0 aliphatic carbocycles. The lowest BCUT2D eigenvalue weighted by atomic mass is 10.3. The zero-order valence-corrected chi connectivity index (χ0v) is 12.4. The Kier molecular flexibility index (Phi) is 5.56. The maximum Gasteiger partial charge on any atom is 0.233 e. The molecule has 0 saturated heterocycles. The van der Waals surface area contributed by atoms with Gasteiger partial charge in [0.25, 0.3) is 0 Å². The molecular formula is C11H15Cl2NO3S. The number of anilines is 1. The van der Waals surface area contributed by atoms with E-state index in [0.717, 1.165) is 0 Å². The van der Waals surface area contributed by atoms with Gasteiger partial charge in [-0.2, -0.15) is 0 Å². The number of rotatable bonds is 6. The Balaban J connectivity index is 2.85. The van der Waals surface area contributed by atoms with Gasteiger partial charge >= 0.3 is 0 Å². The highest BCUT2D eigenvalue weighted by molar-refractivity contribution is 7.92. The number of hydrogen-bond donors (Lipinski definition) is 1. The van der Waals surface area contributed by atoms with Crippen LogP contribution in [-0.2, 0) is 10.0 Å². The summed E-state index contributed by atoms with van der Waals surface area (Å²) in [6.07, 6.45) is 0.00119. The first-order valence-electron chi connectivity index (χ1n) is 5.36. The van der Waals surface area contributed by atoms with E-state index in [4.69, 9.17) is 27.9 Å². The number of benzene rings is 1. The number of ether oxygens (including phenoxy) is 1. The van der Waals surface area contributed by atoms with E-state index < -0.39 is 10.0 Å². The van der Waals surface area contributed by atoms with Crippen LogP contribution in [0, 0.1) is 0 Å². The zero-order valence-electron chi connectivity index (χ0n) is 10.1. The van der Waals surface area contributed by atoms with Crippen molar-refractivity contribution in [2.75, 3.05) is 16.4 Å². The summed E-state index contributed by atoms with van der Waals surface area (Å²) >= 11 is 11.4. The van der Waals surface area contributed by atoms with Gasteiger partial charge in [-0.05, 0) is 32.0 Å². The number of nitrogens with one attached hydrogen (secondary N) is 1. The van der Waals surface area contributed by atoms with Crippen molar-refractivity contribution in [1.82, 2.24) is 0 Å². The highest BCUT2D eigenvalue weighted by Crippen LogP contribution is 2.28. The van der Waals surface area contributed by atoms with Crippen molar-refractivity contribution in [3.63, 3.8) is 0 Å². The van der Waals surface area contributed by atoms with Gasteiger partial charge in [-0.15, -0.1) is 11.6 Å². The average Bonchev–Trinajstić information content (AvgIpc) is 2.20. The molecule has 1 aromatic carbocycles. The minimum Gasteiger partial charge on any atom is -0.489 e. The molecule has 1 N–H and O–H groups in total. The maximum atomic E-state index is 11.5. The van der Waals surface area contributed by atoms with Crippen molar-refractivity contribution in [1.29, 1.82) is 0 Å². The summed E-state index contributed by atoms with van der Waals surface area (Å²) in [5, 5.41) is 0.356. The van der Waals surface area contributed by atoms with E-state index in [-0.39, 0.29) is 17.7 Å². The van der Waals surface area contributed by atoms with E-state index >= 15 is 0 Å². The molecule has 1 aromatic rings. The van der Waals surface area contributed by atoms with Crippen molar-refractivity contribution < 1.29 is 13.2 Å². The minimum atomic E-state index is -3.42. The summed E-state index contributed by atoms with van der Waals surface area (Å²) in [4.78, 5) is 0. The van der Waals surface area contributed by atoms with Crippen LogP contribution in [0.15, 0.2) is 18.2 Å². The average molecular weight is 312 g/mol. The van der Waals surface area contributed by atoms with Crippen LogP contribution in [0.5, 0.6) is 5.75 Å². The van der Waals surface area contributed by atoms with E-state index in [1.807, 2.05) is 13.8 Å². The molecule has 102 valence electrons. The quantitative estimate of drug-likeness (QED) is 0.821. The number of halogens is 2. The summed E-state index contributed by atoms with van der Waals surface area (Å²) in [5.74, 6) is 0.417. The fraction of sp³-hybridized carbons (Fsp3) is 0.455. The predicted molar refractivity (Wildman–Crippen MR) is 75.3 cm³/mol. The fourth-order valence-corrected chi connectivity index (χ4v) is 2.87. The van der Waals surface area contributed by atoms with Gasteiger partial charge in [0.05, 0.1) is 22.6 Å². The molecule has 0 fully saturated rings. The molecule has 0 aliphatic rings. The molecule has 0 heterocycles. The molecule has 0 aromatic heterocycles. The number of hydrogen-bond acceptors (Lipinski definition) is 3. The van der Waals surface area contributed by atoms with Crippen LogP contribution in [0.2, 0.25) is 5.02 Å². The molecule has 0 amide bonds. The number of alkyl halides is 1. The normalized spacial score (nSPS) is 11.6. The van der Waals surface area contributed by atoms with Crippen molar-refractivity contribution >= 4 is 38.9 Å². The summed E-state index contributed by atoms with van der Waals surface area (Å²) in [7, 11) is -3.42. The Labute approximate surface area is 117 Å². The first-order valence-corrected chi connectivity index (χ1v) is 7.93. The highest BCUT2D eigenvalue weighted by atomic mass is 35.5. The zero-order chi connectivity index (χ0) is 13.8. The third-order valence-electron chi connectivity index (χ3n) is 1.91. The van der Waals surface area contributed by atoms with Gasteiger partial charge in [-0.1, -0.05) is 11.6 Å². The van der Waals surface area contributed by atoms with Gasteiger partial charge in [0.2, 0.25) is 10.0 Å². The summed E-state index contributed by atoms with van der Waals surface area (Å²) in [6.45, 7) is 3.76. The van der Waals surface area contributed by atoms with E-state index in [1.54, 1.807) is 12.1 Å². The van der Waals surface area contributed by atoms with E-state index in [9.17, 15) is 8.42 Å². The van der Waals surface area contributed by atoms with E-state index in [1.165, 1.54) is 6.07 Å². The second-order valence-corrected chi connectivity index (χ2v) is 6.55. The molecule has 7 heteroatoms. The maximum absolute atomic E-state index is 11.5. The third-order valence-corrected chi connectivity index (χ3v) is 3.91. The highest BCUT2D eigenvalue weighted by Gasteiger charge is 2.11. The predicted octanol–water partition coefficient (Wildman–Crippen LogP) is 3.11. The van der Waals surface area contributed by atoms with Crippen LogP contribution < -0.4 is 9.46 Å². The summed E-state index contributed by atoms with van der Waals surface area (Å²) in [5.41, 5.74) is 0.390. The standard InChI is InChI=1S/C11H15Cl2NO3S/c1-8(2)17-11-4-3-9(7-10(11)13)14-18(15,16)6-5-12/h3-4,7-8,14H,5-6H2,1-2H3. The van der Waals surface area contributed by atoms with Crippen LogP contribution in [0.3, 0.4) is 0 Å². The molecule has 0 aliphatic heterocycles. The smallest absolute Gasteiger partial charge is 0.233 e. The molecule has 0 bridgehead atoms. The molecular weight excluding hydrogens is 297 g/mol. The monoisotopic (exact) mass is 311 g/mol. The second-order valence-electron chi connectivity index (χ2n) is 3.92. The Bertz CT molecular complexity index is 503. The van der Waals surface area contributed by atoms with Crippen LogP contribution in [0.1, 0.15) is 13.8 Å². The van der Waals surface area contributed by atoms with Gasteiger partial charge in [-0.25, -0.2) is 8.42 Å². The first kappa shape index (κ1) is 15.4. The summed E-state index contributed by atoms with van der Waals surface area (Å²) < 4.78 is 30.8. The van der Waals surface area contributed by atoms with Gasteiger partial charge in [0.1, 0.15) is 5.75 Å². The van der Waals surface area contributed by atoms with E-state index in [2.05, 4.69) is 4.72 Å². The lowest BCUT2D eigenvalue weighted by Gasteiger charge is -2.13. The summed E-state index contributed by atoms with van der Waals surface area (Å²) in [6, 6.07) is 4.72. The molecule has 4 nitrogen and oxygen atoms in total. The van der Waals surface area contributed by atoms with Gasteiger partial charge in [0, 0.05) is 5.88 Å². The molecule has 0 spiro atoms.